The zero-order valence-corrected chi connectivity index (χ0v) is 19.2. The summed E-state index contributed by atoms with van der Waals surface area (Å²) in [6, 6.07) is 9.01. The average molecular weight is 488 g/mol. The number of nitrogens with zero attached hydrogens (tertiary/aromatic N) is 7. The largest absolute Gasteiger partial charge is 0.573 e. The number of benzene rings is 1. The van der Waals surface area contributed by atoms with Gasteiger partial charge in [-0.1, -0.05) is 5.16 Å². The molecular weight excluding hydrogens is 465 g/mol. The molecule has 0 aliphatic heterocycles. The zero-order chi connectivity index (χ0) is 25.0. The Morgan fingerprint density at radius 1 is 1.09 bits per heavy atom. The average Bonchev–Trinajstić information content (AvgIpc) is 3.41. The Labute approximate surface area is 198 Å². The SMILES string of the molecule is Cc1nc(-c2nc(-c3ccc(OC(F)(F)F)cc3)no2)nn1Cc1ccnc(NCCN(C)C)c1. The third kappa shape index (κ3) is 6.53. The van der Waals surface area contributed by atoms with Crippen molar-refractivity contribution in [3.05, 3.63) is 54.0 Å². The second-order valence-corrected chi connectivity index (χ2v) is 7.91. The van der Waals surface area contributed by atoms with E-state index in [9.17, 15) is 13.2 Å². The van der Waals surface area contributed by atoms with Gasteiger partial charge in [-0.15, -0.1) is 18.3 Å². The first kappa shape index (κ1) is 24.1. The van der Waals surface area contributed by atoms with Crippen LogP contribution in [0.1, 0.15) is 11.4 Å². The Morgan fingerprint density at radius 3 is 2.57 bits per heavy atom. The first-order chi connectivity index (χ1) is 16.7. The third-order valence-electron chi connectivity index (χ3n) is 4.84. The number of halogens is 3. The lowest BCUT2D eigenvalue weighted by molar-refractivity contribution is -0.274. The fourth-order valence-corrected chi connectivity index (χ4v) is 3.15. The van der Waals surface area contributed by atoms with Crippen LogP contribution in [0.15, 0.2) is 47.1 Å². The summed E-state index contributed by atoms with van der Waals surface area (Å²) in [5, 5.41) is 11.6. The molecule has 35 heavy (non-hydrogen) atoms. The fraction of sp³-hybridized carbons (Fsp3) is 0.318. The van der Waals surface area contributed by atoms with Crippen LogP contribution in [-0.2, 0) is 6.54 Å². The smallest absolute Gasteiger partial charge is 0.406 e. The molecule has 0 unspecified atom stereocenters. The number of aromatic nitrogens is 6. The van der Waals surface area contributed by atoms with Crippen LogP contribution in [0.3, 0.4) is 0 Å². The highest BCUT2D eigenvalue weighted by Crippen LogP contribution is 2.26. The molecular formula is C22H23F3N8O2. The van der Waals surface area contributed by atoms with Crippen LogP contribution in [0.2, 0.25) is 0 Å². The summed E-state index contributed by atoms with van der Waals surface area (Å²) in [6.45, 7) is 3.93. The number of alkyl halides is 3. The molecule has 4 rings (SSSR count). The predicted molar refractivity (Wildman–Crippen MR) is 121 cm³/mol. The molecule has 0 bridgehead atoms. The Kier molecular flexibility index (Phi) is 6.96. The summed E-state index contributed by atoms with van der Waals surface area (Å²) >= 11 is 0. The Morgan fingerprint density at radius 2 is 1.86 bits per heavy atom. The lowest BCUT2D eigenvalue weighted by Crippen LogP contribution is -2.21. The number of hydrogen-bond donors (Lipinski definition) is 1. The summed E-state index contributed by atoms with van der Waals surface area (Å²) < 4.78 is 47.9. The topological polar surface area (TPSA) is 107 Å². The van der Waals surface area contributed by atoms with Crippen molar-refractivity contribution in [1.29, 1.82) is 0 Å². The monoisotopic (exact) mass is 488 g/mol. The normalized spacial score (nSPS) is 11.7. The molecule has 3 aromatic heterocycles. The van der Waals surface area contributed by atoms with Gasteiger partial charge >= 0.3 is 6.36 Å². The van der Waals surface area contributed by atoms with Crippen LogP contribution >= 0.6 is 0 Å². The van der Waals surface area contributed by atoms with E-state index in [0.29, 0.717) is 17.9 Å². The third-order valence-corrected chi connectivity index (χ3v) is 4.84. The Balaban J connectivity index is 1.45. The molecule has 3 heterocycles. The van der Waals surface area contributed by atoms with Gasteiger partial charge in [0.2, 0.25) is 11.6 Å². The Hall–Kier alpha value is -4.00. The van der Waals surface area contributed by atoms with E-state index in [4.69, 9.17) is 4.52 Å². The minimum absolute atomic E-state index is 0.0956. The van der Waals surface area contributed by atoms with E-state index in [1.807, 2.05) is 33.2 Å². The molecule has 13 heteroatoms. The molecule has 184 valence electrons. The first-order valence-electron chi connectivity index (χ1n) is 10.6. The molecule has 1 N–H and O–H groups in total. The van der Waals surface area contributed by atoms with Gasteiger partial charge in [-0.25, -0.2) is 14.6 Å². The van der Waals surface area contributed by atoms with Crippen molar-refractivity contribution in [1.82, 2.24) is 34.8 Å². The number of hydrogen-bond acceptors (Lipinski definition) is 9. The summed E-state index contributed by atoms with van der Waals surface area (Å²) in [5.41, 5.74) is 1.44. The van der Waals surface area contributed by atoms with Crippen LogP contribution < -0.4 is 10.1 Å². The van der Waals surface area contributed by atoms with E-state index < -0.39 is 6.36 Å². The minimum atomic E-state index is -4.76. The lowest BCUT2D eigenvalue weighted by Gasteiger charge is -2.11. The van der Waals surface area contributed by atoms with Gasteiger partial charge in [0.15, 0.2) is 0 Å². The molecule has 0 spiro atoms. The second kappa shape index (κ2) is 10.1. The van der Waals surface area contributed by atoms with Crippen LogP contribution in [0.4, 0.5) is 19.0 Å². The van der Waals surface area contributed by atoms with Crippen molar-refractivity contribution in [3.63, 3.8) is 0 Å². The first-order valence-corrected chi connectivity index (χ1v) is 10.6. The molecule has 10 nitrogen and oxygen atoms in total. The maximum atomic E-state index is 12.3. The molecule has 0 amide bonds. The van der Waals surface area contributed by atoms with Gasteiger partial charge in [-0.05, 0) is 63.0 Å². The maximum Gasteiger partial charge on any atom is 0.573 e. The van der Waals surface area contributed by atoms with Crippen LogP contribution in [0.25, 0.3) is 23.1 Å². The van der Waals surface area contributed by atoms with Crippen LogP contribution in [0.5, 0.6) is 5.75 Å². The summed E-state index contributed by atoms with van der Waals surface area (Å²) in [6.07, 6.45) is -3.03. The zero-order valence-electron chi connectivity index (χ0n) is 19.2. The fourth-order valence-electron chi connectivity index (χ4n) is 3.15. The van der Waals surface area contributed by atoms with Crippen molar-refractivity contribution in [2.24, 2.45) is 0 Å². The van der Waals surface area contributed by atoms with Gasteiger partial charge in [0, 0.05) is 24.8 Å². The number of likely N-dealkylation sites (N-methyl/N-ethyl adjacent to an activating group) is 1. The highest BCUT2D eigenvalue weighted by atomic mass is 19.4. The highest BCUT2D eigenvalue weighted by molar-refractivity contribution is 5.57. The molecule has 4 aromatic rings. The van der Waals surface area contributed by atoms with Crippen LogP contribution in [0, 0.1) is 6.92 Å². The number of nitrogens with one attached hydrogen (secondary N) is 1. The summed E-state index contributed by atoms with van der Waals surface area (Å²) in [4.78, 5) is 15.1. The molecule has 0 fully saturated rings. The van der Waals surface area contributed by atoms with Crippen molar-refractivity contribution >= 4 is 5.82 Å². The molecule has 0 aliphatic carbocycles. The van der Waals surface area contributed by atoms with E-state index in [2.05, 4.69) is 40.2 Å². The minimum Gasteiger partial charge on any atom is -0.406 e. The van der Waals surface area contributed by atoms with E-state index >= 15 is 0 Å². The molecule has 0 saturated carbocycles. The predicted octanol–water partition coefficient (Wildman–Crippen LogP) is 3.62. The maximum absolute atomic E-state index is 12.3. The molecule has 0 aliphatic rings. The number of aryl methyl sites for hydroxylation is 1. The number of pyridine rings is 1. The van der Waals surface area contributed by atoms with Gasteiger partial charge in [-0.2, -0.15) is 4.98 Å². The van der Waals surface area contributed by atoms with Gasteiger partial charge in [-0.3, -0.25) is 0 Å². The second-order valence-electron chi connectivity index (χ2n) is 7.91. The number of anilines is 1. The van der Waals surface area contributed by atoms with Crippen molar-refractivity contribution in [2.45, 2.75) is 19.8 Å². The molecule has 0 saturated heterocycles. The van der Waals surface area contributed by atoms with Gasteiger partial charge < -0.3 is 19.5 Å². The molecule has 0 atom stereocenters. The quantitative estimate of drug-likeness (QED) is 0.378. The van der Waals surface area contributed by atoms with Crippen LogP contribution in [-0.4, -0.2) is 68.3 Å². The van der Waals surface area contributed by atoms with E-state index in [1.165, 1.54) is 24.3 Å². The van der Waals surface area contributed by atoms with E-state index in [-0.39, 0.29) is 23.3 Å². The number of ether oxygens (including phenoxy) is 1. The Bertz CT molecular complexity index is 1270. The van der Waals surface area contributed by atoms with Gasteiger partial charge in [0.05, 0.1) is 6.54 Å². The summed E-state index contributed by atoms with van der Waals surface area (Å²) in [7, 11) is 4.01. The van der Waals surface area contributed by atoms with Crippen molar-refractivity contribution in [3.8, 4) is 28.9 Å². The highest BCUT2D eigenvalue weighted by Gasteiger charge is 2.31. The van der Waals surface area contributed by atoms with E-state index in [1.54, 1.807) is 10.9 Å². The molecule has 0 radical (unpaired) electrons. The summed E-state index contributed by atoms with van der Waals surface area (Å²) in [5.74, 6) is 1.61. The van der Waals surface area contributed by atoms with Crippen molar-refractivity contribution in [2.75, 3.05) is 32.5 Å². The van der Waals surface area contributed by atoms with Crippen molar-refractivity contribution < 1.29 is 22.4 Å². The van der Waals surface area contributed by atoms with E-state index in [0.717, 1.165) is 24.5 Å². The lowest BCUT2D eigenvalue weighted by atomic mass is 10.2. The van der Waals surface area contributed by atoms with Gasteiger partial charge in [0.1, 0.15) is 17.4 Å². The molecule has 1 aromatic carbocycles. The number of rotatable bonds is 9. The standard InChI is InChI=1S/C22H23F3N8O2/c1-14-28-20(30-33(14)13-15-8-9-26-18(12-15)27-10-11-32(2)3)21-29-19(31-35-21)16-4-6-17(7-5-16)34-22(23,24)25/h4-9,12H,10-11,13H2,1-3H3,(H,26,27). The van der Waals surface area contributed by atoms with Gasteiger partial charge in [0.25, 0.3) is 5.89 Å².